The molecule has 4 nitrogen and oxygen atoms in total. The summed E-state index contributed by atoms with van der Waals surface area (Å²) >= 11 is 0. The fourth-order valence-corrected chi connectivity index (χ4v) is 6.82. The molecule has 2 aliphatic rings. The quantitative estimate of drug-likeness (QED) is 0.457. The minimum absolute atomic E-state index is 0.0197. The summed E-state index contributed by atoms with van der Waals surface area (Å²) in [7, 11) is 0.698. The summed E-state index contributed by atoms with van der Waals surface area (Å²) in [5, 5.41) is 2.71. The molecular formula is C20H21NO3Si. The molecular weight excluding hydrogens is 330 g/mol. The van der Waals surface area contributed by atoms with Crippen molar-refractivity contribution in [1.29, 1.82) is 0 Å². The van der Waals surface area contributed by atoms with Gasteiger partial charge in [0.1, 0.15) is 0 Å². The van der Waals surface area contributed by atoms with E-state index in [1.54, 1.807) is 4.57 Å². The van der Waals surface area contributed by atoms with E-state index in [4.69, 9.17) is 9.47 Å². The lowest BCUT2D eigenvalue weighted by atomic mass is 9.98. The van der Waals surface area contributed by atoms with Crippen LogP contribution in [-0.4, -0.2) is 19.4 Å². The standard InChI is InChI=1S/C20H21NO3Si/c1-21-16-9-12-6-7-25(2,3)10-13(12)8-15(16)18-14(20(21)22)4-5-17-19(18)24-11-23-17/h4-5,8-9H,6-7,10-11H2,1-3H3. The maximum Gasteiger partial charge on any atom is 0.258 e. The van der Waals surface area contributed by atoms with Gasteiger partial charge in [-0.15, -0.1) is 0 Å². The van der Waals surface area contributed by atoms with E-state index in [0.29, 0.717) is 11.1 Å². The van der Waals surface area contributed by atoms with Crippen LogP contribution in [-0.2, 0) is 19.5 Å². The summed E-state index contributed by atoms with van der Waals surface area (Å²) in [5.74, 6) is 1.45. The van der Waals surface area contributed by atoms with Gasteiger partial charge in [0, 0.05) is 17.8 Å². The molecule has 128 valence electrons. The summed E-state index contributed by atoms with van der Waals surface area (Å²) in [6, 6.07) is 10.8. The van der Waals surface area contributed by atoms with Crippen molar-refractivity contribution in [3.05, 3.63) is 45.7 Å². The molecule has 0 fully saturated rings. The zero-order valence-corrected chi connectivity index (χ0v) is 15.8. The number of hydrogen-bond donors (Lipinski definition) is 0. The molecule has 0 aliphatic carbocycles. The molecule has 0 atom stereocenters. The number of aryl methyl sites for hydroxylation is 2. The van der Waals surface area contributed by atoms with Crippen molar-refractivity contribution in [2.45, 2.75) is 31.6 Å². The number of fused-ring (bicyclic) bond motifs is 6. The van der Waals surface area contributed by atoms with Gasteiger partial charge in [-0.2, -0.15) is 0 Å². The third kappa shape index (κ3) is 2.08. The minimum atomic E-state index is -1.17. The van der Waals surface area contributed by atoms with Gasteiger partial charge in [0.25, 0.3) is 5.56 Å². The number of ether oxygens (including phenoxy) is 2. The SMILES string of the molecule is Cn1c(=O)c2ccc3c(c2c2cc4c(cc21)CC[Si](C)(C)C4)OCO3. The van der Waals surface area contributed by atoms with Crippen LogP contribution in [0.2, 0.25) is 19.1 Å². The average Bonchev–Trinajstić information content (AvgIpc) is 3.05. The molecule has 2 aliphatic heterocycles. The lowest BCUT2D eigenvalue weighted by Crippen LogP contribution is -2.33. The molecule has 3 aromatic rings. The first kappa shape index (κ1) is 15.0. The van der Waals surface area contributed by atoms with Crippen molar-refractivity contribution in [1.82, 2.24) is 4.57 Å². The fourth-order valence-electron chi connectivity index (χ4n) is 4.34. The second kappa shape index (κ2) is 4.88. The molecule has 0 spiro atoms. The molecule has 5 heteroatoms. The van der Waals surface area contributed by atoms with Gasteiger partial charge in [-0.1, -0.05) is 19.1 Å². The first-order valence-corrected chi connectivity index (χ1v) is 12.2. The van der Waals surface area contributed by atoms with Crippen molar-refractivity contribution < 1.29 is 9.47 Å². The number of rotatable bonds is 0. The predicted octanol–water partition coefficient (Wildman–Crippen LogP) is 3.77. The van der Waals surface area contributed by atoms with Crippen molar-refractivity contribution in [3.8, 4) is 11.5 Å². The summed E-state index contributed by atoms with van der Waals surface area (Å²) in [6.45, 7) is 5.15. The molecule has 0 bridgehead atoms. The van der Waals surface area contributed by atoms with Gasteiger partial charge in [-0.3, -0.25) is 4.79 Å². The van der Waals surface area contributed by atoms with E-state index in [2.05, 4.69) is 25.2 Å². The Morgan fingerprint density at radius 2 is 1.92 bits per heavy atom. The molecule has 2 aromatic carbocycles. The number of pyridine rings is 1. The highest BCUT2D eigenvalue weighted by atomic mass is 28.3. The third-order valence-corrected chi connectivity index (χ3v) is 8.70. The molecule has 0 saturated carbocycles. The Bertz CT molecular complexity index is 1110. The zero-order valence-electron chi connectivity index (χ0n) is 14.8. The Labute approximate surface area is 147 Å². The van der Waals surface area contributed by atoms with Crippen LogP contribution in [0.15, 0.2) is 29.1 Å². The first-order valence-electron chi connectivity index (χ1n) is 8.81. The predicted molar refractivity (Wildman–Crippen MR) is 103 cm³/mol. The highest BCUT2D eigenvalue weighted by Gasteiger charge is 2.29. The van der Waals surface area contributed by atoms with E-state index >= 15 is 0 Å². The molecule has 5 rings (SSSR count). The monoisotopic (exact) mass is 351 g/mol. The van der Waals surface area contributed by atoms with Gasteiger partial charge in [0.15, 0.2) is 11.5 Å². The Morgan fingerprint density at radius 3 is 2.76 bits per heavy atom. The molecule has 3 heterocycles. The first-order chi connectivity index (χ1) is 11.9. The number of hydrogen-bond acceptors (Lipinski definition) is 3. The number of benzene rings is 2. The second-order valence-electron chi connectivity index (χ2n) is 8.07. The maximum atomic E-state index is 12.9. The average molecular weight is 351 g/mol. The van der Waals surface area contributed by atoms with Gasteiger partial charge in [-0.25, -0.2) is 0 Å². The van der Waals surface area contributed by atoms with E-state index in [9.17, 15) is 4.79 Å². The van der Waals surface area contributed by atoms with Crippen LogP contribution in [0.5, 0.6) is 11.5 Å². The normalized spacial score (nSPS) is 17.9. The molecule has 0 unspecified atom stereocenters. The van der Waals surface area contributed by atoms with Gasteiger partial charge in [0.2, 0.25) is 6.79 Å². The van der Waals surface area contributed by atoms with E-state index in [1.807, 2.05) is 19.2 Å². The van der Waals surface area contributed by atoms with Crippen LogP contribution in [0.1, 0.15) is 11.1 Å². The lowest BCUT2D eigenvalue weighted by molar-refractivity contribution is 0.175. The Kier molecular flexibility index (Phi) is 2.93. The van der Waals surface area contributed by atoms with Crippen LogP contribution in [0.25, 0.3) is 21.7 Å². The van der Waals surface area contributed by atoms with Crippen molar-refractivity contribution >= 4 is 29.7 Å². The molecule has 25 heavy (non-hydrogen) atoms. The molecule has 0 N–H and O–H groups in total. The van der Waals surface area contributed by atoms with Crippen LogP contribution in [0, 0.1) is 0 Å². The van der Waals surface area contributed by atoms with Gasteiger partial charge in [-0.05, 0) is 47.9 Å². The third-order valence-electron chi connectivity index (χ3n) is 5.76. The zero-order chi connectivity index (χ0) is 17.3. The van der Waals surface area contributed by atoms with E-state index in [1.165, 1.54) is 23.2 Å². The smallest absolute Gasteiger partial charge is 0.258 e. The molecule has 0 amide bonds. The van der Waals surface area contributed by atoms with Crippen molar-refractivity contribution in [2.75, 3.05) is 6.79 Å². The lowest BCUT2D eigenvalue weighted by Gasteiger charge is -2.30. The van der Waals surface area contributed by atoms with Gasteiger partial charge >= 0.3 is 0 Å². The Morgan fingerprint density at radius 1 is 1.08 bits per heavy atom. The summed E-state index contributed by atoms with van der Waals surface area (Å²) in [5.41, 5.74) is 3.86. The fraction of sp³-hybridized carbons (Fsp3) is 0.350. The highest BCUT2D eigenvalue weighted by molar-refractivity contribution is 6.77. The minimum Gasteiger partial charge on any atom is -0.454 e. The molecule has 0 radical (unpaired) electrons. The van der Waals surface area contributed by atoms with E-state index < -0.39 is 8.07 Å². The molecule has 0 saturated heterocycles. The largest absolute Gasteiger partial charge is 0.454 e. The summed E-state index contributed by atoms with van der Waals surface area (Å²) < 4.78 is 13.1. The Hall–Kier alpha value is -2.27. The maximum absolute atomic E-state index is 12.9. The van der Waals surface area contributed by atoms with Crippen LogP contribution in [0.3, 0.4) is 0 Å². The Balaban J connectivity index is 1.94. The number of nitrogens with zero attached hydrogens (tertiary/aromatic N) is 1. The molecule has 1 aromatic heterocycles. The summed E-state index contributed by atoms with van der Waals surface area (Å²) in [6.07, 6.45) is 1.13. The number of aromatic nitrogens is 1. The van der Waals surface area contributed by atoms with Crippen molar-refractivity contribution in [2.24, 2.45) is 7.05 Å². The van der Waals surface area contributed by atoms with Gasteiger partial charge < -0.3 is 14.0 Å². The van der Waals surface area contributed by atoms with E-state index in [-0.39, 0.29) is 12.4 Å². The highest BCUT2D eigenvalue weighted by Crippen LogP contribution is 2.42. The van der Waals surface area contributed by atoms with Gasteiger partial charge in [0.05, 0.1) is 19.0 Å². The topological polar surface area (TPSA) is 40.5 Å². The van der Waals surface area contributed by atoms with Crippen LogP contribution >= 0.6 is 0 Å². The summed E-state index contributed by atoms with van der Waals surface area (Å²) in [4.78, 5) is 12.9. The second-order valence-corrected chi connectivity index (χ2v) is 13.2. The van der Waals surface area contributed by atoms with Crippen LogP contribution < -0.4 is 15.0 Å². The van der Waals surface area contributed by atoms with Crippen molar-refractivity contribution in [3.63, 3.8) is 0 Å². The van der Waals surface area contributed by atoms with Crippen LogP contribution in [0.4, 0.5) is 0 Å². The van der Waals surface area contributed by atoms with E-state index in [0.717, 1.165) is 28.5 Å².